The van der Waals surface area contributed by atoms with E-state index in [1.165, 1.54) is 5.56 Å². The molecule has 0 atom stereocenters. The van der Waals surface area contributed by atoms with Crippen molar-refractivity contribution in [2.75, 3.05) is 20.2 Å². The monoisotopic (exact) mass is 348 g/mol. The van der Waals surface area contributed by atoms with Crippen molar-refractivity contribution in [1.29, 1.82) is 0 Å². The first-order chi connectivity index (χ1) is 12.8. The SMILES string of the molecule is CN(CCCc1nnc2n1CCOc1ccccc1-2)Cc1ccccc1. The Bertz CT molecular complexity index is 859. The van der Waals surface area contributed by atoms with Crippen molar-refractivity contribution < 1.29 is 4.74 Å². The third-order valence-corrected chi connectivity index (χ3v) is 4.76. The summed E-state index contributed by atoms with van der Waals surface area (Å²) in [7, 11) is 2.17. The third-order valence-electron chi connectivity index (χ3n) is 4.76. The molecule has 5 nitrogen and oxygen atoms in total. The molecule has 0 fully saturated rings. The van der Waals surface area contributed by atoms with Crippen LogP contribution < -0.4 is 4.74 Å². The summed E-state index contributed by atoms with van der Waals surface area (Å²) in [5.41, 5.74) is 2.38. The Morgan fingerprint density at radius 3 is 2.73 bits per heavy atom. The van der Waals surface area contributed by atoms with Gasteiger partial charge in [-0.1, -0.05) is 42.5 Å². The van der Waals surface area contributed by atoms with E-state index in [1.807, 2.05) is 18.2 Å². The molecule has 0 saturated heterocycles. The fraction of sp³-hybridized carbons (Fsp3) is 0.333. The lowest BCUT2D eigenvalue weighted by Gasteiger charge is -2.16. The van der Waals surface area contributed by atoms with Crippen molar-refractivity contribution in [1.82, 2.24) is 19.7 Å². The van der Waals surface area contributed by atoms with Crippen molar-refractivity contribution in [2.45, 2.75) is 25.9 Å². The Kier molecular flexibility index (Phi) is 4.97. The second-order valence-electron chi connectivity index (χ2n) is 6.76. The lowest BCUT2D eigenvalue weighted by atomic mass is 10.2. The van der Waals surface area contributed by atoms with Crippen molar-refractivity contribution in [3.8, 4) is 17.1 Å². The van der Waals surface area contributed by atoms with E-state index in [0.717, 1.165) is 55.4 Å². The van der Waals surface area contributed by atoms with Gasteiger partial charge in [0.25, 0.3) is 0 Å². The molecule has 0 N–H and O–H groups in total. The highest BCUT2D eigenvalue weighted by atomic mass is 16.5. The highest BCUT2D eigenvalue weighted by molar-refractivity contribution is 5.64. The van der Waals surface area contributed by atoms with Gasteiger partial charge in [0.2, 0.25) is 0 Å². The van der Waals surface area contributed by atoms with Gasteiger partial charge in [-0.15, -0.1) is 10.2 Å². The van der Waals surface area contributed by atoms with Gasteiger partial charge in [-0.3, -0.25) is 0 Å². The van der Waals surface area contributed by atoms with E-state index in [2.05, 4.69) is 63.1 Å². The fourth-order valence-electron chi connectivity index (χ4n) is 3.46. The van der Waals surface area contributed by atoms with Gasteiger partial charge in [0.15, 0.2) is 5.82 Å². The molecule has 1 aliphatic heterocycles. The van der Waals surface area contributed by atoms with Crippen LogP contribution in [0.4, 0.5) is 0 Å². The van der Waals surface area contributed by atoms with Crippen LogP contribution in [0.2, 0.25) is 0 Å². The average molecular weight is 348 g/mol. The molecular weight excluding hydrogens is 324 g/mol. The maximum absolute atomic E-state index is 5.86. The molecule has 3 aromatic rings. The lowest BCUT2D eigenvalue weighted by molar-refractivity contribution is 0.302. The number of aromatic nitrogens is 3. The Balaban J connectivity index is 1.39. The Labute approximate surface area is 154 Å². The van der Waals surface area contributed by atoms with Crippen LogP contribution in [0.1, 0.15) is 17.8 Å². The Morgan fingerprint density at radius 1 is 1.04 bits per heavy atom. The summed E-state index contributed by atoms with van der Waals surface area (Å²) < 4.78 is 8.07. The van der Waals surface area contributed by atoms with Gasteiger partial charge in [0.1, 0.15) is 18.2 Å². The number of aryl methyl sites for hydroxylation is 1. The van der Waals surface area contributed by atoms with E-state index >= 15 is 0 Å². The fourth-order valence-corrected chi connectivity index (χ4v) is 3.46. The largest absolute Gasteiger partial charge is 0.491 e. The zero-order valence-electron chi connectivity index (χ0n) is 15.1. The third kappa shape index (κ3) is 3.63. The van der Waals surface area contributed by atoms with Crippen LogP contribution >= 0.6 is 0 Å². The minimum absolute atomic E-state index is 0.656. The summed E-state index contributed by atoms with van der Waals surface area (Å²) in [5, 5.41) is 8.90. The first-order valence-electron chi connectivity index (χ1n) is 9.18. The lowest BCUT2D eigenvalue weighted by Crippen LogP contribution is -2.20. The molecule has 0 amide bonds. The molecule has 4 rings (SSSR count). The molecule has 1 aliphatic rings. The zero-order chi connectivity index (χ0) is 17.8. The minimum atomic E-state index is 0.656. The molecule has 26 heavy (non-hydrogen) atoms. The molecule has 2 heterocycles. The van der Waals surface area contributed by atoms with Gasteiger partial charge in [-0.25, -0.2) is 0 Å². The van der Waals surface area contributed by atoms with Crippen molar-refractivity contribution in [2.24, 2.45) is 0 Å². The van der Waals surface area contributed by atoms with Crippen LogP contribution in [-0.4, -0.2) is 39.9 Å². The normalized spacial score (nSPS) is 13.0. The van der Waals surface area contributed by atoms with Crippen LogP contribution in [0.5, 0.6) is 5.75 Å². The minimum Gasteiger partial charge on any atom is -0.491 e. The molecule has 0 unspecified atom stereocenters. The number of para-hydroxylation sites is 1. The number of hydrogen-bond donors (Lipinski definition) is 0. The van der Waals surface area contributed by atoms with Gasteiger partial charge < -0.3 is 14.2 Å². The van der Waals surface area contributed by atoms with E-state index in [9.17, 15) is 0 Å². The van der Waals surface area contributed by atoms with Gasteiger partial charge in [0, 0.05) is 13.0 Å². The molecule has 0 bridgehead atoms. The molecule has 0 aliphatic carbocycles. The van der Waals surface area contributed by atoms with Gasteiger partial charge in [-0.2, -0.15) is 0 Å². The predicted octanol–water partition coefficient (Wildman–Crippen LogP) is 3.40. The van der Waals surface area contributed by atoms with Crippen molar-refractivity contribution >= 4 is 0 Å². The van der Waals surface area contributed by atoms with E-state index in [1.54, 1.807) is 0 Å². The summed E-state index contributed by atoms with van der Waals surface area (Å²) in [6, 6.07) is 18.7. The topological polar surface area (TPSA) is 43.2 Å². The maximum Gasteiger partial charge on any atom is 0.167 e. The standard InChI is InChI=1S/C21H24N4O/c1-24(16-17-8-3-2-4-9-17)13-7-12-20-22-23-21-18-10-5-6-11-19(18)26-15-14-25(20)21/h2-6,8-11H,7,12-16H2,1H3. The number of hydrogen-bond acceptors (Lipinski definition) is 4. The van der Waals surface area contributed by atoms with Crippen LogP contribution in [0, 0.1) is 0 Å². The van der Waals surface area contributed by atoms with E-state index in [4.69, 9.17) is 4.74 Å². The van der Waals surface area contributed by atoms with E-state index in [0.29, 0.717) is 6.61 Å². The Hall–Kier alpha value is -2.66. The number of ether oxygens (including phenoxy) is 1. The average Bonchev–Trinajstić information content (AvgIpc) is 2.96. The summed E-state index contributed by atoms with van der Waals surface area (Å²) in [5.74, 6) is 2.87. The zero-order valence-corrected chi connectivity index (χ0v) is 15.1. The highest BCUT2D eigenvalue weighted by Crippen LogP contribution is 2.31. The quantitative estimate of drug-likeness (QED) is 0.685. The van der Waals surface area contributed by atoms with Gasteiger partial charge in [0.05, 0.1) is 12.1 Å². The van der Waals surface area contributed by atoms with Crippen LogP contribution in [0.25, 0.3) is 11.4 Å². The van der Waals surface area contributed by atoms with Crippen LogP contribution in [0.3, 0.4) is 0 Å². The summed E-state index contributed by atoms with van der Waals surface area (Å²) >= 11 is 0. The maximum atomic E-state index is 5.86. The van der Waals surface area contributed by atoms with E-state index < -0.39 is 0 Å². The van der Waals surface area contributed by atoms with Crippen LogP contribution in [-0.2, 0) is 19.5 Å². The molecule has 0 spiro atoms. The molecule has 134 valence electrons. The number of nitrogens with zero attached hydrogens (tertiary/aromatic N) is 4. The number of rotatable bonds is 6. The van der Waals surface area contributed by atoms with E-state index in [-0.39, 0.29) is 0 Å². The highest BCUT2D eigenvalue weighted by Gasteiger charge is 2.20. The molecule has 0 radical (unpaired) electrons. The summed E-state index contributed by atoms with van der Waals surface area (Å²) in [6.45, 7) is 3.46. The van der Waals surface area contributed by atoms with Gasteiger partial charge in [-0.05, 0) is 37.7 Å². The smallest absolute Gasteiger partial charge is 0.167 e. The first kappa shape index (κ1) is 16.8. The van der Waals surface area contributed by atoms with Crippen molar-refractivity contribution in [3.63, 3.8) is 0 Å². The summed E-state index contributed by atoms with van der Waals surface area (Å²) in [4.78, 5) is 2.35. The van der Waals surface area contributed by atoms with Crippen molar-refractivity contribution in [3.05, 3.63) is 66.0 Å². The molecule has 1 aromatic heterocycles. The molecule has 0 saturated carbocycles. The van der Waals surface area contributed by atoms with Crippen LogP contribution in [0.15, 0.2) is 54.6 Å². The molecule has 5 heteroatoms. The molecular formula is C21H24N4O. The predicted molar refractivity (Wildman–Crippen MR) is 102 cm³/mol. The number of benzene rings is 2. The summed E-state index contributed by atoms with van der Waals surface area (Å²) in [6.07, 6.45) is 1.98. The number of fused-ring (bicyclic) bond motifs is 3. The molecule has 2 aromatic carbocycles. The second kappa shape index (κ2) is 7.70. The first-order valence-corrected chi connectivity index (χ1v) is 9.18. The van der Waals surface area contributed by atoms with Gasteiger partial charge >= 0.3 is 0 Å². The second-order valence-corrected chi connectivity index (χ2v) is 6.76. The Morgan fingerprint density at radius 2 is 1.85 bits per heavy atom.